The number of rotatable bonds is 5. The Kier molecular flexibility index (Phi) is 5.55. The Morgan fingerprint density at radius 2 is 1.74 bits per heavy atom. The van der Waals surface area contributed by atoms with E-state index < -0.39 is 18.0 Å². The highest BCUT2D eigenvalue weighted by atomic mass is 16.6. The molecule has 0 aliphatic carbocycles. The van der Waals surface area contributed by atoms with Crippen LogP contribution in [0, 0.1) is 12.8 Å². The van der Waals surface area contributed by atoms with E-state index in [4.69, 9.17) is 4.74 Å². The molecule has 1 aromatic rings. The van der Waals surface area contributed by atoms with Crippen molar-refractivity contribution in [3.63, 3.8) is 0 Å². The van der Waals surface area contributed by atoms with Crippen LogP contribution in [0.1, 0.15) is 36.2 Å². The summed E-state index contributed by atoms with van der Waals surface area (Å²) in [6, 6.07) is 7.02. The molecule has 4 heteroatoms. The SMILES string of the molecule is COC(=O)C(CC(C)C)OC(=O)c1ccc(C)cc1. The summed E-state index contributed by atoms with van der Waals surface area (Å²) >= 11 is 0. The smallest absolute Gasteiger partial charge is 0.347 e. The lowest BCUT2D eigenvalue weighted by Gasteiger charge is -2.17. The van der Waals surface area contributed by atoms with E-state index in [0.717, 1.165) is 5.56 Å². The molecule has 1 rings (SSSR count). The average Bonchev–Trinajstić information content (AvgIpc) is 2.37. The van der Waals surface area contributed by atoms with E-state index in [1.807, 2.05) is 32.9 Å². The van der Waals surface area contributed by atoms with Gasteiger partial charge in [-0.05, 0) is 31.4 Å². The van der Waals surface area contributed by atoms with Gasteiger partial charge in [-0.1, -0.05) is 31.5 Å². The minimum absolute atomic E-state index is 0.231. The van der Waals surface area contributed by atoms with Crippen molar-refractivity contribution >= 4 is 11.9 Å². The lowest BCUT2D eigenvalue weighted by molar-refractivity contribution is -0.151. The average molecular weight is 264 g/mol. The fourth-order valence-corrected chi connectivity index (χ4v) is 1.64. The number of ether oxygens (including phenoxy) is 2. The second-order valence-corrected chi connectivity index (χ2v) is 4.91. The Morgan fingerprint density at radius 3 is 2.21 bits per heavy atom. The molecule has 0 saturated carbocycles. The molecule has 0 saturated heterocycles. The molecule has 1 unspecified atom stereocenters. The molecule has 4 nitrogen and oxygen atoms in total. The van der Waals surface area contributed by atoms with E-state index in [0.29, 0.717) is 12.0 Å². The molecular weight excluding hydrogens is 244 g/mol. The van der Waals surface area contributed by atoms with Crippen molar-refractivity contribution in [1.29, 1.82) is 0 Å². The van der Waals surface area contributed by atoms with Gasteiger partial charge in [0, 0.05) is 0 Å². The van der Waals surface area contributed by atoms with Gasteiger partial charge in [0.1, 0.15) is 0 Å². The molecule has 1 aromatic carbocycles. The van der Waals surface area contributed by atoms with Crippen LogP contribution in [0.25, 0.3) is 0 Å². The predicted octanol–water partition coefficient (Wildman–Crippen LogP) is 2.74. The molecule has 0 radical (unpaired) electrons. The van der Waals surface area contributed by atoms with E-state index in [1.54, 1.807) is 12.1 Å². The number of methoxy groups -OCH3 is 1. The van der Waals surface area contributed by atoms with Crippen molar-refractivity contribution < 1.29 is 19.1 Å². The van der Waals surface area contributed by atoms with Crippen molar-refractivity contribution in [2.45, 2.75) is 33.3 Å². The Labute approximate surface area is 113 Å². The minimum atomic E-state index is -0.848. The third-order valence-electron chi connectivity index (χ3n) is 2.69. The summed E-state index contributed by atoms with van der Waals surface area (Å²) in [6.07, 6.45) is -0.400. The highest BCUT2D eigenvalue weighted by molar-refractivity contribution is 5.91. The van der Waals surface area contributed by atoms with E-state index in [1.165, 1.54) is 7.11 Å². The van der Waals surface area contributed by atoms with Crippen LogP contribution in [0.2, 0.25) is 0 Å². The number of hydrogen-bond donors (Lipinski definition) is 0. The second-order valence-electron chi connectivity index (χ2n) is 4.91. The van der Waals surface area contributed by atoms with E-state index in [9.17, 15) is 9.59 Å². The molecular formula is C15H20O4. The van der Waals surface area contributed by atoms with Gasteiger partial charge in [0.25, 0.3) is 0 Å². The van der Waals surface area contributed by atoms with Crippen LogP contribution in [0.5, 0.6) is 0 Å². The van der Waals surface area contributed by atoms with E-state index in [-0.39, 0.29) is 5.92 Å². The standard InChI is InChI=1S/C15H20O4/c1-10(2)9-13(15(17)18-4)19-14(16)12-7-5-11(3)6-8-12/h5-8,10,13H,9H2,1-4H3. The molecule has 0 N–H and O–H groups in total. The quantitative estimate of drug-likeness (QED) is 0.767. The van der Waals surface area contributed by atoms with Gasteiger partial charge in [-0.25, -0.2) is 9.59 Å². The molecule has 1 atom stereocenters. The monoisotopic (exact) mass is 264 g/mol. The van der Waals surface area contributed by atoms with Crippen molar-refractivity contribution in [2.75, 3.05) is 7.11 Å². The number of carbonyl (C=O) groups is 2. The Hall–Kier alpha value is -1.84. The molecule has 0 bridgehead atoms. The number of carbonyl (C=O) groups excluding carboxylic acids is 2. The highest BCUT2D eigenvalue weighted by Gasteiger charge is 2.25. The van der Waals surface area contributed by atoms with Gasteiger partial charge in [-0.2, -0.15) is 0 Å². The largest absolute Gasteiger partial charge is 0.466 e. The van der Waals surface area contributed by atoms with Crippen molar-refractivity contribution in [3.05, 3.63) is 35.4 Å². The van der Waals surface area contributed by atoms with Gasteiger partial charge in [0.15, 0.2) is 6.10 Å². The van der Waals surface area contributed by atoms with Crippen molar-refractivity contribution in [3.8, 4) is 0 Å². The Balaban J connectivity index is 2.75. The molecule has 104 valence electrons. The van der Waals surface area contributed by atoms with Gasteiger partial charge in [0.05, 0.1) is 12.7 Å². The lowest BCUT2D eigenvalue weighted by Crippen LogP contribution is -2.29. The molecule has 0 aliphatic rings. The lowest BCUT2D eigenvalue weighted by atomic mass is 10.1. The number of aryl methyl sites for hydroxylation is 1. The Morgan fingerprint density at radius 1 is 1.16 bits per heavy atom. The topological polar surface area (TPSA) is 52.6 Å². The zero-order valence-electron chi connectivity index (χ0n) is 11.8. The van der Waals surface area contributed by atoms with Gasteiger partial charge < -0.3 is 9.47 Å². The molecule has 0 spiro atoms. The normalized spacial score (nSPS) is 12.1. The summed E-state index contributed by atoms with van der Waals surface area (Å²) in [5, 5.41) is 0. The number of hydrogen-bond acceptors (Lipinski definition) is 4. The third-order valence-corrected chi connectivity index (χ3v) is 2.69. The predicted molar refractivity (Wildman–Crippen MR) is 71.9 cm³/mol. The maximum atomic E-state index is 11.9. The van der Waals surface area contributed by atoms with Crippen molar-refractivity contribution in [2.24, 2.45) is 5.92 Å². The maximum absolute atomic E-state index is 11.9. The first-order valence-electron chi connectivity index (χ1n) is 6.29. The zero-order chi connectivity index (χ0) is 14.4. The number of esters is 2. The fraction of sp³-hybridized carbons (Fsp3) is 0.467. The molecule has 19 heavy (non-hydrogen) atoms. The minimum Gasteiger partial charge on any atom is -0.466 e. The molecule has 0 aliphatic heterocycles. The molecule has 0 heterocycles. The first-order valence-corrected chi connectivity index (χ1v) is 6.29. The fourth-order valence-electron chi connectivity index (χ4n) is 1.64. The van der Waals surface area contributed by atoms with Crippen LogP contribution in [0.4, 0.5) is 0 Å². The molecule has 0 amide bonds. The van der Waals surface area contributed by atoms with Crippen LogP contribution in [0.3, 0.4) is 0 Å². The first kappa shape index (κ1) is 15.2. The van der Waals surface area contributed by atoms with Crippen LogP contribution in [0.15, 0.2) is 24.3 Å². The van der Waals surface area contributed by atoms with Crippen LogP contribution >= 0.6 is 0 Å². The highest BCUT2D eigenvalue weighted by Crippen LogP contribution is 2.13. The van der Waals surface area contributed by atoms with E-state index >= 15 is 0 Å². The van der Waals surface area contributed by atoms with Gasteiger partial charge in [0.2, 0.25) is 0 Å². The first-order chi connectivity index (χ1) is 8.93. The van der Waals surface area contributed by atoms with Crippen LogP contribution in [-0.4, -0.2) is 25.2 Å². The second kappa shape index (κ2) is 6.92. The van der Waals surface area contributed by atoms with Crippen LogP contribution in [-0.2, 0) is 14.3 Å². The zero-order valence-corrected chi connectivity index (χ0v) is 11.8. The summed E-state index contributed by atoms with van der Waals surface area (Å²) < 4.78 is 9.88. The summed E-state index contributed by atoms with van der Waals surface area (Å²) in [5.74, 6) is -0.792. The third kappa shape index (κ3) is 4.73. The molecule has 0 fully saturated rings. The van der Waals surface area contributed by atoms with Crippen molar-refractivity contribution in [1.82, 2.24) is 0 Å². The van der Waals surface area contributed by atoms with Gasteiger partial charge in [-0.15, -0.1) is 0 Å². The van der Waals surface area contributed by atoms with Crippen LogP contribution < -0.4 is 0 Å². The number of benzene rings is 1. The molecule has 0 aromatic heterocycles. The van der Waals surface area contributed by atoms with E-state index in [2.05, 4.69) is 4.74 Å². The Bertz CT molecular complexity index is 434. The summed E-state index contributed by atoms with van der Waals surface area (Å²) in [4.78, 5) is 23.5. The van der Waals surface area contributed by atoms with Gasteiger partial charge >= 0.3 is 11.9 Å². The summed E-state index contributed by atoms with van der Waals surface area (Å²) in [7, 11) is 1.29. The summed E-state index contributed by atoms with van der Waals surface area (Å²) in [6.45, 7) is 5.84. The maximum Gasteiger partial charge on any atom is 0.347 e. The van der Waals surface area contributed by atoms with Gasteiger partial charge in [-0.3, -0.25) is 0 Å². The summed E-state index contributed by atoms with van der Waals surface area (Å²) in [5.41, 5.74) is 1.49.